The van der Waals surface area contributed by atoms with Crippen LogP contribution in [-0.2, 0) is 35.1 Å². The molecule has 13 heteroatoms. The van der Waals surface area contributed by atoms with E-state index in [1.54, 1.807) is 6.92 Å². The lowest BCUT2D eigenvalue weighted by atomic mass is 10.1. The first-order valence-corrected chi connectivity index (χ1v) is 9.99. The second kappa shape index (κ2) is 9.29. The molecule has 1 aliphatic rings. The van der Waals surface area contributed by atoms with Crippen LogP contribution in [0.4, 0.5) is 5.95 Å². The monoisotopic (exact) mass is 461 g/mol. The molecule has 176 valence electrons. The summed E-state index contributed by atoms with van der Waals surface area (Å²) in [6, 6.07) is 0. The summed E-state index contributed by atoms with van der Waals surface area (Å²) in [7, 11) is 0. The number of ether oxygens (including phenoxy) is 3. The lowest BCUT2D eigenvalue weighted by Gasteiger charge is -2.20. The number of nitrogens with one attached hydrogen (secondary N) is 2. The topological polar surface area (TPSA) is 164 Å². The number of carbonyl (C=O) groups excluding carboxylic acids is 3. The number of esters is 2. The van der Waals surface area contributed by atoms with Crippen LogP contribution in [0.5, 0.6) is 0 Å². The van der Waals surface area contributed by atoms with Gasteiger partial charge in [-0.2, -0.15) is 4.98 Å². The van der Waals surface area contributed by atoms with E-state index in [2.05, 4.69) is 21.2 Å². The third-order valence-electron chi connectivity index (χ3n) is 4.90. The van der Waals surface area contributed by atoms with Crippen LogP contribution in [0, 0.1) is 12.3 Å². The van der Waals surface area contributed by atoms with E-state index in [-0.39, 0.29) is 30.1 Å². The summed E-state index contributed by atoms with van der Waals surface area (Å²) in [6.45, 7) is 5.01. The predicted molar refractivity (Wildman–Crippen MR) is 113 cm³/mol. The minimum Gasteiger partial charge on any atom is -0.460 e. The number of aromatic nitrogens is 4. The van der Waals surface area contributed by atoms with Crippen LogP contribution >= 0.6 is 0 Å². The molecule has 33 heavy (non-hydrogen) atoms. The van der Waals surface area contributed by atoms with E-state index in [0.717, 1.165) is 9.13 Å². The largest absolute Gasteiger partial charge is 0.460 e. The maximum atomic E-state index is 13.3. The van der Waals surface area contributed by atoms with E-state index in [0.29, 0.717) is 0 Å². The average Bonchev–Trinajstić information content (AvgIpc) is 3.20. The van der Waals surface area contributed by atoms with Gasteiger partial charge in [-0.25, -0.2) is 9.36 Å². The van der Waals surface area contributed by atoms with Crippen molar-refractivity contribution >= 4 is 35.0 Å². The maximum Gasteiger partial charge on any atom is 0.333 e. The molecule has 2 aromatic heterocycles. The quantitative estimate of drug-likeness (QED) is 0.432. The van der Waals surface area contributed by atoms with E-state index < -0.39 is 53.6 Å². The standard InChI is InChI=1S/C20H23N5O8/c1-6-7-24-15-16(22-19(21-10(3)26)23-17(15)29)25(20(24)30)18-14(32-12(5)28)8-13(33-18)9(2)31-11(4)27/h1,9,13-14,18H,7-8H2,2-5H3,(H2,21,22,23,26,29)/t9?,13-,14+,18+/m0/s1. The van der Waals surface area contributed by atoms with E-state index in [1.807, 2.05) is 0 Å². The zero-order chi connectivity index (χ0) is 24.4. The average molecular weight is 461 g/mol. The minimum absolute atomic E-state index is 0.106. The molecule has 3 rings (SSSR count). The molecule has 1 unspecified atom stereocenters. The van der Waals surface area contributed by atoms with Crippen molar-refractivity contribution in [2.45, 2.75) is 65.2 Å². The second-order valence-corrected chi connectivity index (χ2v) is 7.47. The van der Waals surface area contributed by atoms with Gasteiger partial charge in [0.1, 0.15) is 18.3 Å². The number of hydrogen-bond donors (Lipinski definition) is 2. The molecule has 0 bridgehead atoms. The lowest BCUT2D eigenvalue weighted by Crippen LogP contribution is -2.34. The van der Waals surface area contributed by atoms with Gasteiger partial charge < -0.3 is 14.2 Å². The first-order chi connectivity index (χ1) is 15.5. The Morgan fingerprint density at radius 1 is 1.30 bits per heavy atom. The Balaban J connectivity index is 2.20. The summed E-state index contributed by atoms with van der Waals surface area (Å²) in [6.07, 6.45) is 1.88. The Morgan fingerprint density at radius 3 is 2.58 bits per heavy atom. The van der Waals surface area contributed by atoms with Crippen LogP contribution in [-0.4, -0.2) is 55.3 Å². The number of aromatic amines is 1. The molecule has 0 aliphatic carbocycles. The molecule has 0 spiro atoms. The third-order valence-corrected chi connectivity index (χ3v) is 4.90. The summed E-state index contributed by atoms with van der Waals surface area (Å²) in [5.41, 5.74) is -1.73. The molecular weight excluding hydrogens is 438 g/mol. The predicted octanol–water partition coefficient (Wildman–Crippen LogP) is -0.351. The normalized spacial score (nSPS) is 20.8. The number of rotatable bonds is 6. The zero-order valence-electron chi connectivity index (χ0n) is 18.4. The Hall–Kier alpha value is -3.92. The lowest BCUT2D eigenvalue weighted by molar-refractivity contribution is -0.157. The zero-order valence-corrected chi connectivity index (χ0v) is 18.4. The smallest absolute Gasteiger partial charge is 0.333 e. The van der Waals surface area contributed by atoms with Gasteiger partial charge in [-0.3, -0.25) is 34.0 Å². The number of terminal acetylenes is 1. The summed E-state index contributed by atoms with van der Waals surface area (Å²) in [5, 5.41) is 2.35. The van der Waals surface area contributed by atoms with Gasteiger partial charge in [0.15, 0.2) is 17.4 Å². The molecule has 3 heterocycles. The first kappa shape index (κ1) is 23.7. The molecule has 2 aromatic rings. The SMILES string of the molecule is C#CCn1c(=O)n([C@@H]2O[C@H](C(C)OC(C)=O)C[C@H]2OC(C)=O)c2nc(NC(C)=O)[nH]c(=O)c21. The summed E-state index contributed by atoms with van der Waals surface area (Å²) in [5.74, 6) is 0.448. The van der Waals surface area contributed by atoms with Gasteiger partial charge in [0.25, 0.3) is 5.56 Å². The van der Waals surface area contributed by atoms with Gasteiger partial charge in [-0.05, 0) is 6.92 Å². The fourth-order valence-corrected chi connectivity index (χ4v) is 3.73. The number of nitrogens with zero attached hydrogens (tertiary/aromatic N) is 3. The number of H-pyrrole nitrogens is 1. The van der Waals surface area contributed by atoms with Crippen molar-refractivity contribution < 1.29 is 28.6 Å². The summed E-state index contributed by atoms with van der Waals surface area (Å²) >= 11 is 0. The van der Waals surface area contributed by atoms with Crippen LogP contribution < -0.4 is 16.6 Å². The highest BCUT2D eigenvalue weighted by atomic mass is 16.6. The van der Waals surface area contributed by atoms with Crippen LogP contribution in [0.15, 0.2) is 9.59 Å². The van der Waals surface area contributed by atoms with Crippen LogP contribution in [0.1, 0.15) is 40.3 Å². The van der Waals surface area contributed by atoms with Gasteiger partial charge in [-0.15, -0.1) is 6.42 Å². The van der Waals surface area contributed by atoms with Crippen molar-refractivity contribution in [1.82, 2.24) is 19.1 Å². The second-order valence-electron chi connectivity index (χ2n) is 7.47. The molecule has 1 amide bonds. The molecule has 0 radical (unpaired) electrons. The molecule has 2 N–H and O–H groups in total. The van der Waals surface area contributed by atoms with Crippen LogP contribution in [0.3, 0.4) is 0 Å². The number of carbonyl (C=O) groups is 3. The summed E-state index contributed by atoms with van der Waals surface area (Å²) < 4.78 is 18.6. The number of anilines is 1. The van der Waals surface area contributed by atoms with Crippen molar-refractivity contribution in [2.75, 3.05) is 5.32 Å². The van der Waals surface area contributed by atoms with E-state index >= 15 is 0 Å². The molecule has 1 saturated heterocycles. The van der Waals surface area contributed by atoms with Gasteiger partial charge in [-0.1, -0.05) is 5.92 Å². The molecule has 13 nitrogen and oxygen atoms in total. The third kappa shape index (κ3) is 4.80. The van der Waals surface area contributed by atoms with E-state index in [4.69, 9.17) is 20.6 Å². The Bertz CT molecular complexity index is 1270. The fraction of sp³-hybridized carbons (Fsp3) is 0.500. The van der Waals surface area contributed by atoms with Gasteiger partial charge in [0.05, 0.1) is 6.54 Å². The number of fused-ring (bicyclic) bond motifs is 1. The van der Waals surface area contributed by atoms with Crippen LogP contribution in [0.2, 0.25) is 0 Å². The number of hydrogen-bond acceptors (Lipinski definition) is 9. The first-order valence-electron chi connectivity index (χ1n) is 9.99. The molecule has 1 fully saturated rings. The van der Waals surface area contributed by atoms with Crippen molar-refractivity contribution in [3.63, 3.8) is 0 Å². The Labute approximate surface area is 187 Å². The highest BCUT2D eigenvalue weighted by molar-refractivity contribution is 5.87. The van der Waals surface area contributed by atoms with Gasteiger partial charge in [0.2, 0.25) is 11.9 Å². The van der Waals surface area contributed by atoms with Crippen molar-refractivity contribution in [2.24, 2.45) is 0 Å². The summed E-state index contributed by atoms with van der Waals surface area (Å²) in [4.78, 5) is 67.1. The maximum absolute atomic E-state index is 13.3. The molecule has 4 atom stereocenters. The van der Waals surface area contributed by atoms with Crippen LogP contribution in [0.25, 0.3) is 11.2 Å². The van der Waals surface area contributed by atoms with Crippen molar-refractivity contribution in [1.29, 1.82) is 0 Å². The minimum atomic E-state index is -1.20. The Kier molecular flexibility index (Phi) is 6.68. The molecule has 0 aromatic carbocycles. The van der Waals surface area contributed by atoms with Crippen molar-refractivity contribution in [3.05, 3.63) is 20.8 Å². The van der Waals surface area contributed by atoms with E-state index in [9.17, 15) is 24.0 Å². The molecule has 1 aliphatic heterocycles. The van der Waals surface area contributed by atoms with Gasteiger partial charge >= 0.3 is 17.6 Å². The highest BCUT2D eigenvalue weighted by Crippen LogP contribution is 2.34. The number of imidazole rings is 1. The molecule has 0 saturated carbocycles. The Morgan fingerprint density at radius 2 is 2.00 bits per heavy atom. The molecular formula is C20H23N5O8. The van der Waals surface area contributed by atoms with E-state index in [1.165, 1.54) is 20.8 Å². The van der Waals surface area contributed by atoms with Gasteiger partial charge in [0, 0.05) is 27.2 Å². The number of amides is 1. The van der Waals surface area contributed by atoms with Crippen molar-refractivity contribution in [3.8, 4) is 12.3 Å². The fourth-order valence-electron chi connectivity index (χ4n) is 3.73. The highest BCUT2D eigenvalue weighted by Gasteiger charge is 2.44.